The summed E-state index contributed by atoms with van der Waals surface area (Å²) in [7, 11) is 0. The standard InChI is InChI=1S/C21H11ClF3N3O4/c22-18-10-14(4-6-17(18)21(23,24)25)27-20(29)13(11-26)9-16-5-7-19(32-16)12-2-1-3-15(8-12)28(30)31/h1-10H,(H,27,29)/b13-9+. The molecule has 1 heterocycles. The Labute approximate surface area is 183 Å². The summed E-state index contributed by atoms with van der Waals surface area (Å²) in [6, 6.07) is 13.0. The first-order valence-electron chi connectivity index (χ1n) is 8.73. The van der Waals surface area contributed by atoms with Crippen molar-refractivity contribution >= 4 is 35.0 Å². The van der Waals surface area contributed by atoms with Gasteiger partial charge in [-0.1, -0.05) is 23.7 Å². The Balaban J connectivity index is 1.80. The molecule has 0 fully saturated rings. The maximum Gasteiger partial charge on any atom is 0.417 e. The Morgan fingerprint density at radius 2 is 1.94 bits per heavy atom. The average molecular weight is 462 g/mol. The van der Waals surface area contributed by atoms with Crippen molar-refractivity contribution in [3.63, 3.8) is 0 Å². The second kappa shape index (κ2) is 8.95. The molecule has 32 heavy (non-hydrogen) atoms. The summed E-state index contributed by atoms with van der Waals surface area (Å²) in [6.07, 6.45) is -3.52. The van der Waals surface area contributed by atoms with E-state index in [0.29, 0.717) is 11.6 Å². The van der Waals surface area contributed by atoms with Crippen LogP contribution >= 0.6 is 11.6 Å². The lowest BCUT2D eigenvalue weighted by Gasteiger charge is -2.10. The fraction of sp³-hybridized carbons (Fsp3) is 0.0476. The van der Waals surface area contributed by atoms with Gasteiger partial charge in [0.05, 0.1) is 15.5 Å². The maximum atomic E-state index is 12.8. The molecule has 3 rings (SSSR count). The average Bonchev–Trinajstić information content (AvgIpc) is 3.19. The summed E-state index contributed by atoms with van der Waals surface area (Å²) in [5, 5.41) is 21.9. The molecular formula is C21H11ClF3N3O4. The van der Waals surface area contributed by atoms with Crippen molar-refractivity contribution in [1.29, 1.82) is 5.26 Å². The third kappa shape index (κ3) is 5.14. The number of rotatable bonds is 5. The lowest BCUT2D eigenvalue weighted by Crippen LogP contribution is -2.14. The van der Waals surface area contributed by atoms with Gasteiger partial charge in [-0.3, -0.25) is 14.9 Å². The van der Waals surface area contributed by atoms with Crippen LogP contribution in [0, 0.1) is 21.4 Å². The smallest absolute Gasteiger partial charge is 0.417 e. The van der Waals surface area contributed by atoms with Gasteiger partial charge >= 0.3 is 6.18 Å². The van der Waals surface area contributed by atoms with Crippen LogP contribution in [0.2, 0.25) is 5.02 Å². The number of carbonyl (C=O) groups excluding carboxylic acids is 1. The number of furan rings is 1. The Morgan fingerprint density at radius 1 is 1.19 bits per heavy atom. The fourth-order valence-corrected chi connectivity index (χ4v) is 2.96. The number of nitrogens with one attached hydrogen (secondary N) is 1. The number of nitro groups is 1. The molecule has 1 amide bonds. The van der Waals surface area contributed by atoms with E-state index in [1.54, 1.807) is 12.1 Å². The summed E-state index contributed by atoms with van der Waals surface area (Å²) in [5.74, 6) is -0.507. The van der Waals surface area contributed by atoms with Gasteiger partial charge in [-0.25, -0.2) is 0 Å². The van der Waals surface area contributed by atoms with Crippen molar-refractivity contribution in [2.45, 2.75) is 6.18 Å². The molecule has 1 aromatic heterocycles. The SMILES string of the molecule is N#C/C(=C\c1ccc(-c2cccc([N+](=O)[O-])c2)o1)C(=O)Nc1ccc(C(F)(F)F)c(Cl)c1. The Hall–Kier alpha value is -4.10. The van der Waals surface area contributed by atoms with E-state index in [1.807, 2.05) is 0 Å². The van der Waals surface area contributed by atoms with Crippen molar-refractivity contribution in [3.8, 4) is 17.4 Å². The molecule has 11 heteroatoms. The van der Waals surface area contributed by atoms with Crippen LogP contribution in [-0.4, -0.2) is 10.8 Å². The van der Waals surface area contributed by atoms with E-state index in [9.17, 15) is 33.3 Å². The maximum absolute atomic E-state index is 12.8. The van der Waals surface area contributed by atoms with E-state index in [1.165, 1.54) is 30.3 Å². The Kier molecular flexibility index (Phi) is 6.32. The zero-order valence-electron chi connectivity index (χ0n) is 15.8. The monoisotopic (exact) mass is 461 g/mol. The summed E-state index contributed by atoms with van der Waals surface area (Å²) < 4.78 is 43.9. The van der Waals surface area contributed by atoms with E-state index in [0.717, 1.165) is 18.2 Å². The van der Waals surface area contributed by atoms with E-state index >= 15 is 0 Å². The number of anilines is 1. The minimum Gasteiger partial charge on any atom is -0.457 e. The number of hydrogen-bond acceptors (Lipinski definition) is 5. The molecule has 162 valence electrons. The summed E-state index contributed by atoms with van der Waals surface area (Å²) in [6.45, 7) is 0. The number of non-ortho nitro benzene ring substituents is 1. The minimum absolute atomic E-state index is 0.0362. The molecule has 0 radical (unpaired) electrons. The molecule has 0 bridgehead atoms. The van der Waals surface area contributed by atoms with Crippen molar-refractivity contribution in [2.75, 3.05) is 5.32 Å². The molecular weight excluding hydrogens is 451 g/mol. The van der Waals surface area contributed by atoms with Crippen LogP contribution in [0.5, 0.6) is 0 Å². The molecule has 0 spiro atoms. The number of nitro benzene ring substituents is 1. The van der Waals surface area contributed by atoms with Gasteiger partial charge in [-0.05, 0) is 30.3 Å². The lowest BCUT2D eigenvalue weighted by atomic mass is 10.1. The van der Waals surface area contributed by atoms with Gasteiger partial charge in [0.1, 0.15) is 23.2 Å². The zero-order chi connectivity index (χ0) is 23.5. The summed E-state index contributed by atoms with van der Waals surface area (Å²) >= 11 is 5.62. The van der Waals surface area contributed by atoms with Gasteiger partial charge in [0, 0.05) is 29.5 Å². The molecule has 0 aliphatic heterocycles. The zero-order valence-corrected chi connectivity index (χ0v) is 16.6. The van der Waals surface area contributed by atoms with Gasteiger partial charge in [0.2, 0.25) is 0 Å². The van der Waals surface area contributed by atoms with Crippen molar-refractivity contribution in [1.82, 2.24) is 0 Å². The highest BCUT2D eigenvalue weighted by atomic mass is 35.5. The molecule has 3 aromatic rings. The molecule has 0 atom stereocenters. The van der Waals surface area contributed by atoms with Crippen molar-refractivity contribution in [3.05, 3.63) is 86.6 Å². The number of benzene rings is 2. The minimum atomic E-state index is -4.65. The van der Waals surface area contributed by atoms with E-state index in [2.05, 4.69) is 5.32 Å². The highest BCUT2D eigenvalue weighted by Gasteiger charge is 2.33. The molecule has 0 aliphatic rings. The largest absolute Gasteiger partial charge is 0.457 e. The second-order valence-electron chi connectivity index (χ2n) is 6.33. The highest BCUT2D eigenvalue weighted by molar-refractivity contribution is 6.31. The van der Waals surface area contributed by atoms with Crippen molar-refractivity contribution < 1.29 is 27.3 Å². The Morgan fingerprint density at radius 3 is 2.56 bits per heavy atom. The molecule has 0 saturated heterocycles. The van der Waals surface area contributed by atoms with E-state index < -0.39 is 27.6 Å². The number of halogens is 4. The number of hydrogen-bond donors (Lipinski definition) is 1. The van der Waals surface area contributed by atoms with Crippen LogP contribution in [0.15, 0.2) is 64.6 Å². The van der Waals surface area contributed by atoms with Gasteiger partial charge in [0.25, 0.3) is 11.6 Å². The van der Waals surface area contributed by atoms with Crippen LogP contribution in [0.25, 0.3) is 17.4 Å². The first kappa shape index (κ1) is 22.6. The first-order valence-corrected chi connectivity index (χ1v) is 9.11. The molecule has 7 nitrogen and oxygen atoms in total. The highest BCUT2D eigenvalue weighted by Crippen LogP contribution is 2.36. The second-order valence-corrected chi connectivity index (χ2v) is 6.73. The number of nitriles is 1. The topological polar surface area (TPSA) is 109 Å². The normalized spacial score (nSPS) is 11.7. The van der Waals surface area contributed by atoms with E-state index in [4.69, 9.17) is 16.0 Å². The summed E-state index contributed by atoms with van der Waals surface area (Å²) in [4.78, 5) is 22.7. The molecule has 0 unspecified atom stereocenters. The van der Waals surface area contributed by atoms with Crippen LogP contribution in [0.3, 0.4) is 0 Å². The first-order chi connectivity index (χ1) is 15.1. The molecule has 1 N–H and O–H groups in total. The summed E-state index contributed by atoms with van der Waals surface area (Å²) in [5.41, 5.74) is -1.20. The van der Waals surface area contributed by atoms with Gasteiger partial charge in [-0.15, -0.1) is 0 Å². The van der Waals surface area contributed by atoms with Gasteiger partial charge in [0.15, 0.2) is 0 Å². The fourth-order valence-electron chi connectivity index (χ4n) is 2.67. The van der Waals surface area contributed by atoms with Crippen LogP contribution in [0.1, 0.15) is 11.3 Å². The van der Waals surface area contributed by atoms with Crippen molar-refractivity contribution in [2.24, 2.45) is 0 Å². The number of nitrogens with zero attached hydrogens (tertiary/aromatic N) is 2. The Bertz CT molecular complexity index is 1280. The predicted molar refractivity (Wildman–Crippen MR) is 109 cm³/mol. The predicted octanol–water partition coefficient (Wildman–Crippen LogP) is 6.07. The molecule has 0 saturated carbocycles. The molecule has 2 aromatic carbocycles. The lowest BCUT2D eigenvalue weighted by molar-refractivity contribution is -0.384. The van der Waals surface area contributed by atoms with Gasteiger partial charge in [-0.2, -0.15) is 18.4 Å². The van der Waals surface area contributed by atoms with Crippen LogP contribution in [0.4, 0.5) is 24.5 Å². The number of amides is 1. The van der Waals surface area contributed by atoms with Crippen LogP contribution in [-0.2, 0) is 11.0 Å². The number of alkyl halides is 3. The third-order valence-corrected chi connectivity index (χ3v) is 4.47. The van der Waals surface area contributed by atoms with E-state index in [-0.39, 0.29) is 28.5 Å². The molecule has 0 aliphatic carbocycles. The van der Waals surface area contributed by atoms with Gasteiger partial charge < -0.3 is 9.73 Å². The third-order valence-electron chi connectivity index (χ3n) is 4.15. The van der Waals surface area contributed by atoms with Crippen LogP contribution < -0.4 is 5.32 Å². The quantitative estimate of drug-likeness (QED) is 0.214. The number of carbonyl (C=O) groups is 1.